The molecule has 2 saturated heterocycles. The number of nitrogens with one attached hydrogen (secondary N) is 1. The van der Waals surface area contributed by atoms with Gasteiger partial charge in [-0.25, -0.2) is 9.97 Å². The van der Waals surface area contributed by atoms with E-state index in [1.165, 1.54) is 12.8 Å². The molecule has 2 aliphatic rings. The monoisotopic (exact) mass is 229 g/mol. The topological polar surface area (TPSA) is 64.8 Å². The molecule has 88 valence electrons. The van der Waals surface area contributed by atoms with Crippen LogP contribution in [0.2, 0.25) is 0 Å². The number of aromatic nitrogens is 2. The molecular formula is C12H15N5. The van der Waals surface area contributed by atoms with Crippen molar-refractivity contribution in [3.05, 3.63) is 18.1 Å². The number of piperidine rings is 1. The molecule has 0 aromatic carbocycles. The first kappa shape index (κ1) is 10.5. The van der Waals surface area contributed by atoms with E-state index in [1.54, 1.807) is 12.4 Å². The first-order valence-electron chi connectivity index (χ1n) is 6.07. The van der Waals surface area contributed by atoms with Crippen LogP contribution in [0.15, 0.2) is 12.4 Å². The third kappa shape index (κ3) is 1.96. The van der Waals surface area contributed by atoms with Gasteiger partial charge in [-0.1, -0.05) is 0 Å². The maximum absolute atomic E-state index is 8.69. The van der Waals surface area contributed by atoms with E-state index in [9.17, 15) is 0 Å². The van der Waals surface area contributed by atoms with Gasteiger partial charge in [0.2, 0.25) is 0 Å². The van der Waals surface area contributed by atoms with Gasteiger partial charge in [0.25, 0.3) is 0 Å². The quantitative estimate of drug-likeness (QED) is 0.761. The van der Waals surface area contributed by atoms with Gasteiger partial charge in [-0.2, -0.15) is 5.26 Å². The number of nitrogens with zero attached hydrogens (tertiary/aromatic N) is 4. The molecular weight excluding hydrogens is 214 g/mol. The van der Waals surface area contributed by atoms with Crippen molar-refractivity contribution < 1.29 is 0 Å². The van der Waals surface area contributed by atoms with Crippen LogP contribution in [0.4, 0.5) is 5.82 Å². The predicted molar refractivity (Wildman–Crippen MR) is 63.5 cm³/mol. The Labute approximate surface area is 100 Å². The molecule has 5 heteroatoms. The minimum Gasteiger partial charge on any atom is -0.353 e. The minimum atomic E-state index is 0.378. The highest BCUT2D eigenvalue weighted by Crippen LogP contribution is 2.27. The molecule has 0 bridgehead atoms. The summed E-state index contributed by atoms with van der Waals surface area (Å²) >= 11 is 0. The van der Waals surface area contributed by atoms with Crippen molar-refractivity contribution in [3.63, 3.8) is 0 Å². The molecule has 17 heavy (non-hydrogen) atoms. The number of hydrogen-bond acceptors (Lipinski definition) is 5. The van der Waals surface area contributed by atoms with Crippen molar-refractivity contribution in [1.82, 2.24) is 15.3 Å². The fourth-order valence-electron chi connectivity index (χ4n) is 2.78. The van der Waals surface area contributed by atoms with Crippen LogP contribution in [-0.4, -0.2) is 35.6 Å². The van der Waals surface area contributed by atoms with Crippen molar-refractivity contribution >= 4 is 5.82 Å². The van der Waals surface area contributed by atoms with E-state index in [0.717, 1.165) is 31.4 Å². The molecule has 1 aromatic heterocycles. The molecule has 3 heterocycles. The van der Waals surface area contributed by atoms with Crippen molar-refractivity contribution in [2.24, 2.45) is 5.92 Å². The summed E-state index contributed by atoms with van der Waals surface area (Å²) in [6.07, 6.45) is 5.83. The van der Waals surface area contributed by atoms with E-state index in [-0.39, 0.29) is 0 Å². The maximum atomic E-state index is 8.69. The summed E-state index contributed by atoms with van der Waals surface area (Å²) in [6.45, 7) is 3.19. The third-order valence-corrected chi connectivity index (χ3v) is 3.68. The van der Waals surface area contributed by atoms with Gasteiger partial charge in [0, 0.05) is 19.1 Å². The van der Waals surface area contributed by atoms with Crippen LogP contribution < -0.4 is 10.2 Å². The fourth-order valence-corrected chi connectivity index (χ4v) is 2.78. The van der Waals surface area contributed by atoms with Crippen LogP contribution >= 0.6 is 0 Å². The highest BCUT2D eigenvalue weighted by molar-refractivity contribution is 5.39. The first-order chi connectivity index (χ1) is 8.36. The zero-order valence-electron chi connectivity index (χ0n) is 9.63. The van der Waals surface area contributed by atoms with Crippen LogP contribution in [0.5, 0.6) is 0 Å². The van der Waals surface area contributed by atoms with Gasteiger partial charge in [0.1, 0.15) is 11.9 Å². The summed E-state index contributed by atoms with van der Waals surface area (Å²) < 4.78 is 0. The molecule has 0 spiro atoms. The molecule has 2 aliphatic heterocycles. The number of fused-ring (bicyclic) bond motifs is 1. The van der Waals surface area contributed by atoms with Crippen LogP contribution in [0, 0.1) is 17.2 Å². The summed E-state index contributed by atoms with van der Waals surface area (Å²) in [4.78, 5) is 10.6. The molecule has 2 atom stereocenters. The Bertz CT molecular complexity index is 421. The maximum Gasteiger partial charge on any atom is 0.158 e. The van der Waals surface area contributed by atoms with Crippen LogP contribution in [0.1, 0.15) is 18.5 Å². The van der Waals surface area contributed by atoms with Crippen molar-refractivity contribution in [3.8, 4) is 6.07 Å². The zero-order valence-corrected chi connectivity index (χ0v) is 9.63. The van der Waals surface area contributed by atoms with Gasteiger partial charge in [-0.15, -0.1) is 0 Å². The molecule has 0 aliphatic carbocycles. The molecule has 1 aromatic rings. The van der Waals surface area contributed by atoms with Crippen molar-refractivity contribution in [1.29, 1.82) is 5.26 Å². The number of anilines is 1. The highest BCUT2D eigenvalue weighted by Gasteiger charge is 2.34. The fraction of sp³-hybridized carbons (Fsp3) is 0.583. The second kappa shape index (κ2) is 4.30. The lowest BCUT2D eigenvalue weighted by molar-refractivity contribution is 0.340. The highest BCUT2D eigenvalue weighted by atomic mass is 15.2. The van der Waals surface area contributed by atoms with E-state index in [4.69, 9.17) is 5.26 Å². The second-order valence-corrected chi connectivity index (χ2v) is 4.74. The lowest BCUT2D eigenvalue weighted by atomic mass is 9.94. The first-order valence-corrected chi connectivity index (χ1v) is 6.07. The van der Waals surface area contributed by atoms with Crippen LogP contribution in [-0.2, 0) is 0 Å². The summed E-state index contributed by atoms with van der Waals surface area (Å²) in [5.41, 5.74) is 0.378. The van der Waals surface area contributed by atoms with Crippen LogP contribution in [0.3, 0.4) is 0 Å². The standard InChI is InChI=1S/C12H15N5/c13-4-10-5-16-12(6-15-10)17-7-9-2-1-3-14-11(9)8-17/h5-6,9,11,14H,1-3,7-8H2. The summed E-state index contributed by atoms with van der Waals surface area (Å²) in [5.74, 6) is 1.63. The predicted octanol–water partition coefficient (Wildman–Crippen LogP) is 0.536. The zero-order chi connectivity index (χ0) is 11.7. The molecule has 3 rings (SSSR count). The summed E-state index contributed by atoms with van der Waals surface area (Å²) in [7, 11) is 0. The van der Waals surface area contributed by atoms with E-state index >= 15 is 0 Å². The summed E-state index contributed by atoms with van der Waals surface area (Å²) in [5, 5.41) is 12.2. The third-order valence-electron chi connectivity index (χ3n) is 3.68. The smallest absolute Gasteiger partial charge is 0.158 e. The normalized spacial score (nSPS) is 27.6. The Morgan fingerprint density at radius 3 is 3.00 bits per heavy atom. The Morgan fingerprint density at radius 1 is 1.35 bits per heavy atom. The Kier molecular flexibility index (Phi) is 2.65. The van der Waals surface area contributed by atoms with Crippen LogP contribution in [0.25, 0.3) is 0 Å². The lowest BCUT2D eigenvalue weighted by Gasteiger charge is -2.24. The number of nitriles is 1. The number of hydrogen-bond donors (Lipinski definition) is 1. The Hall–Kier alpha value is -1.67. The number of rotatable bonds is 1. The van der Waals surface area contributed by atoms with Gasteiger partial charge >= 0.3 is 0 Å². The molecule has 0 saturated carbocycles. The average molecular weight is 229 g/mol. The second-order valence-electron chi connectivity index (χ2n) is 4.74. The Morgan fingerprint density at radius 2 is 2.29 bits per heavy atom. The summed E-state index contributed by atoms with van der Waals surface area (Å²) in [6, 6.07) is 2.59. The molecule has 2 unspecified atom stereocenters. The molecule has 2 fully saturated rings. The lowest BCUT2D eigenvalue weighted by Crippen LogP contribution is -2.40. The van der Waals surface area contributed by atoms with Gasteiger partial charge in [0.05, 0.1) is 12.4 Å². The van der Waals surface area contributed by atoms with Crippen molar-refractivity contribution in [2.75, 3.05) is 24.5 Å². The Balaban J connectivity index is 1.74. The largest absolute Gasteiger partial charge is 0.353 e. The molecule has 0 radical (unpaired) electrons. The molecule has 1 N–H and O–H groups in total. The van der Waals surface area contributed by atoms with Gasteiger partial charge in [-0.3, -0.25) is 0 Å². The van der Waals surface area contributed by atoms with E-state index in [1.807, 2.05) is 6.07 Å². The SMILES string of the molecule is N#Cc1cnc(N2CC3CCCNC3C2)cn1. The minimum absolute atomic E-state index is 0.378. The van der Waals surface area contributed by atoms with Gasteiger partial charge < -0.3 is 10.2 Å². The van der Waals surface area contributed by atoms with Gasteiger partial charge in [0.15, 0.2) is 5.69 Å². The molecule has 0 amide bonds. The van der Waals surface area contributed by atoms with E-state index in [0.29, 0.717) is 11.7 Å². The van der Waals surface area contributed by atoms with Crippen molar-refractivity contribution in [2.45, 2.75) is 18.9 Å². The van der Waals surface area contributed by atoms with E-state index in [2.05, 4.69) is 20.2 Å². The average Bonchev–Trinajstić information content (AvgIpc) is 2.82. The van der Waals surface area contributed by atoms with Gasteiger partial charge in [-0.05, 0) is 25.3 Å². The van der Waals surface area contributed by atoms with E-state index < -0.39 is 0 Å². The molecule has 5 nitrogen and oxygen atoms in total.